The molecule has 4 aromatic rings. The second-order valence-corrected chi connectivity index (χ2v) is 9.25. The number of ether oxygens (including phenoxy) is 4. The first kappa shape index (κ1) is 30.6. The van der Waals surface area contributed by atoms with E-state index in [1.54, 1.807) is 36.4 Å². The summed E-state index contributed by atoms with van der Waals surface area (Å²) in [7, 11) is 0. The summed E-state index contributed by atoms with van der Waals surface area (Å²) < 4.78 is 47.6. The maximum absolute atomic E-state index is 13.3. The third kappa shape index (κ3) is 8.32. The van der Waals surface area contributed by atoms with E-state index in [2.05, 4.69) is 0 Å². The van der Waals surface area contributed by atoms with Crippen molar-refractivity contribution in [1.82, 2.24) is 0 Å². The second-order valence-electron chi connectivity index (χ2n) is 9.25. The van der Waals surface area contributed by atoms with Crippen LogP contribution in [0.5, 0.6) is 11.5 Å². The molecular formula is C33H26F2O8. The van der Waals surface area contributed by atoms with Crippen molar-refractivity contribution in [3.63, 3.8) is 0 Å². The van der Waals surface area contributed by atoms with Crippen molar-refractivity contribution in [3.05, 3.63) is 108 Å². The molecule has 0 aromatic heterocycles. The standard InChI is InChI=1S/C33H26F2O8/c1-20(36)42-30-14-8-24(22-4-10-26(34)11-5-22)18-28(30)32(38)40-16-3-17-41-33(39)29-19-25(9-15-31(29)43-21(2)37)23-6-12-27(35)13-7-23/h4-15,18-19H,3,16-17H2,1-2H3. The highest BCUT2D eigenvalue weighted by Crippen LogP contribution is 2.29. The molecule has 10 heteroatoms. The number of benzene rings is 4. The van der Waals surface area contributed by atoms with Gasteiger partial charge in [0.1, 0.15) is 34.3 Å². The molecule has 0 amide bonds. The van der Waals surface area contributed by atoms with Crippen LogP contribution in [0.4, 0.5) is 8.78 Å². The molecule has 0 unspecified atom stereocenters. The lowest BCUT2D eigenvalue weighted by Crippen LogP contribution is -2.14. The van der Waals surface area contributed by atoms with Crippen LogP contribution in [0, 0.1) is 11.6 Å². The van der Waals surface area contributed by atoms with Gasteiger partial charge in [-0.05, 0) is 70.8 Å². The highest BCUT2D eigenvalue weighted by molar-refractivity contribution is 5.96. The summed E-state index contributed by atoms with van der Waals surface area (Å²) in [5.41, 5.74) is 2.38. The van der Waals surface area contributed by atoms with Gasteiger partial charge in [0.2, 0.25) is 0 Å². The average molecular weight is 589 g/mol. The van der Waals surface area contributed by atoms with Gasteiger partial charge in [-0.2, -0.15) is 0 Å². The van der Waals surface area contributed by atoms with Gasteiger partial charge in [-0.25, -0.2) is 18.4 Å². The van der Waals surface area contributed by atoms with Crippen molar-refractivity contribution in [3.8, 4) is 33.8 Å². The Hall–Kier alpha value is -5.38. The molecule has 0 heterocycles. The lowest BCUT2D eigenvalue weighted by molar-refractivity contribution is -0.132. The number of esters is 4. The molecule has 8 nitrogen and oxygen atoms in total. The van der Waals surface area contributed by atoms with Gasteiger partial charge in [0.05, 0.1) is 13.2 Å². The minimum Gasteiger partial charge on any atom is -0.462 e. The van der Waals surface area contributed by atoms with Gasteiger partial charge < -0.3 is 18.9 Å². The Morgan fingerprint density at radius 1 is 0.535 bits per heavy atom. The van der Waals surface area contributed by atoms with Gasteiger partial charge in [-0.15, -0.1) is 0 Å². The summed E-state index contributed by atoms with van der Waals surface area (Å²) in [4.78, 5) is 48.9. The SMILES string of the molecule is CC(=O)Oc1ccc(-c2ccc(F)cc2)cc1C(=O)OCCCOC(=O)c1cc(-c2ccc(F)cc2)ccc1OC(C)=O. The van der Waals surface area contributed by atoms with Gasteiger partial charge in [0, 0.05) is 20.3 Å². The molecule has 0 aliphatic heterocycles. The van der Waals surface area contributed by atoms with Crippen molar-refractivity contribution in [2.45, 2.75) is 20.3 Å². The first-order valence-electron chi connectivity index (χ1n) is 13.1. The lowest BCUT2D eigenvalue weighted by Gasteiger charge is -2.13. The fourth-order valence-electron chi connectivity index (χ4n) is 4.05. The molecule has 0 N–H and O–H groups in total. The first-order chi connectivity index (χ1) is 20.6. The van der Waals surface area contributed by atoms with Crippen molar-refractivity contribution in [2.24, 2.45) is 0 Å². The molecule has 0 atom stereocenters. The first-order valence-corrected chi connectivity index (χ1v) is 13.1. The highest BCUT2D eigenvalue weighted by Gasteiger charge is 2.19. The van der Waals surface area contributed by atoms with Gasteiger partial charge in [-0.1, -0.05) is 36.4 Å². The molecule has 4 aromatic carbocycles. The maximum Gasteiger partial charge on any atom is 0.341 e. The van der Waals surface area contributed by atoms with E-state index >= 15 is 0 Å². The van der Waals surface area contributed by atoms with Crippen LogP contribution in [0.1, 0.15) is 41.0 Å². The smallest absolute Gasteiger partial charge is 0.341 e. The lowest BCUT2D eigenvalue weighted by atomic mass is 10.0. The molecule has 0 fully saturated rings. The summed E-state index contributed by atoms with van der Waals surface area (Å²) >= 11 is 0. The monoisotopic (exact) mass is 588 g/mol. The van der Waals surface area contributed by atoms with Crippen LogP contribution in [0.15, 0.2) is 84.9 Å². The molecule has 0 bridgehead atoms. The van der Waals surface area contributed by atoms with Crippen molar-refractivity contribution in [1.29, 1.82) is 0 Å². The minimum absolute atomic E-state index is 0.00572. The number of rotatable bonds is 10. The Labute approximate surface area is 245 Å². The number of halogens is 2. The Morgan fingerprint density at radius 2 is 0.884 bits per heavy atom. The largest absolute Gasteiger partial charge is 0.462 e. The van der Waals surface area contributed by atoms with Crippen LogP contribution >= 0.6 is 0 Å². The van der Waals surface area contributed by atoms with Gasteiger partial charge >= 0.3 is 23.9 Å². The Balaban J connectivity index is 1.40. The van der Waals surface area contributed by atoms with Crippen LogP contribution < -0.4 is 9.47 Å². The third-order valence-corrected chi connectivity index (χ3v) is 6.02. The van der Waals surface area contributed by atoms with E-state index in [4.69, 9.17) is 18.9 Å². The Bertz CT molecular complexity index is 1520. The van der Waals surface area contributed by atoms with Crippen LogP contribution in [0.2, 0.25) is 0 Å². The van der Waals surface area contributed by atoms with Crippen molar-refractivity contribution >= 4 is 23.9 Å². The van der Waals surface area contributed by atoms with Crippen LogP contribution in [0.3, 0.4) is 0 Å². The number of hydrogen-bond donors (Lipinski definition) is 0. The van der Waals surface area contributed by atoms with Crippen LogP contribution in [0.25, 0.3) is 22.3 Å². The third-order valence-electron chi connectivity index (χ3n) is 6.02. The van der Waals surface area contributed by atoms with E-state index < -0.39 is 35.5 Å². The predicted octanol–water partition coefficient (Wildman–Crippen LogP) is 6.55. The van der Waals surface area contributed by atoms with E-state index in [1.165, 1.54) is 62.4 Å². The number of carbonyl (C=O) groups excluding carboxylic acids is 4. The van der Waals surface area contributed by atoms with E-state index in [1.807, 2.05) is 0 Å². The fourth-order valence-corrected chi connectivity index (χ4v) is 4.05. The molecule has 43 heavy (non-hydrogen) atoms. The molecule has 220 valence electrons. The minimum atomic E-state index is -0.782. The number of carbonyl (C=O) groups is 4. The van der Waals surface area contributed by atoms with Crippen LogP contribution in [-0.4, -0.2) is 37.1 Å². The Morgan fingerprint density at radius 3 is 1.23 bits per heavy atom. The molecule has 0 radical (unpaired) electrons. The molecule has 0 spiro atoms. The molecular weight excluding hydrogens is 562 g/mol. The Kier molecular flexibility index (Phi) is 9.95. The zero-order valence-electron chi connectivity index (χ0n) is 23.2. The zero-order chi connectivity index (χ0) is 30.9. The zero-order valence-corrected chi connectivity index (χ0v) is 23.2. The van der Waals surface area contributed by atoms with Gasteiger partial charge in [-0.3, -0.25) is 9.59 Å². The summed E-state index contributed by atoms with van der Waals surface area (Å²) in [5, 5.41) is 0. The van der Waals surface area contributed by atoms with Crippen molar-refractivity contribution in [2.75, 3.05) is 13.2 Å². The van der Waals surface area contributed by atoms with E-state index in [0.29, 0.717) is 22.3 Å². The van der Waals surface area contributed by atoms with Crippen LogP contribution in [-0.2, 0) is 19.1 Å². The summed E-state index contributed by atoms with van der Waals surface area (Å²) in [6, 6.07) is 20.4. The van der Waals surface area contributed by atoms with E-state index in [0.717, 1.165) is 0 Å². The molecule has 0 aliphatic carbocycles. The molecule has 0 saturated heterocycles. The molecule has 0 saturated carbocycles. The quantitative estimate of drug-likeness (QED) is 0.117. The fraction of sp³-hybridized carbons (Fsp3) is 0.152. The van der Waals surface area contributed by atoms with E-state index in [9.17, 15) is 28.0 Å². The van der Waals surface area contributed by atoms with Gasteiger partial charge in [0.15, 0.2) is 0 Å². The topological polar surface area (TPSA) is 105 Å². The summed E-state index contributed by atoms with van der Waals surface area (Å²) in [5.74, 6) is -3.67. The van der Waals surface area contributed by atoms with Crippen molar-refractivity contribution < 1.29 is 46.9 Å². The van der Waals surface area contributed by atoms with E-state index in [-0.39, 0.29) is 42.3 Å². The summed E-state index contributed by atoms with van der Waals surface area (Å²) in [6.45, 7) is 2.11. The number of hydrogen-bond acceptors (Lipinski definition) is 8. The van der Waals surface area contributed by atoms with Gasteiger partial charge in [0.25, 0.3) is 0 Å². The molecule has 4 rings (SSSR count). The average Bonchev–Trinajstić information content (AvgIpc) is 2.97. The summed E-state index contributed by atoms with van der Waals surface area (Å²) in [6.07, 6.45) is 0.124. The second kappa shape index (κ2) is 14.0. The normalized spacial score (nSPS) is 10.5. The maximum atomic E-state index is 13.3. The molecule has 0 aliphatic rings. The predicted molar refractivity (Wildman–Crippen MR) is 151 cm³/mol. The highest BCUT2D eigenvalue weighted by atomic mass is 19.1.